The maximum absolute atomic E-state index is 10.3. The summed E-state index contributed by atoms with van der Waals surface area (Å²) in [6, 6.07) is 15.7. The molecule has 150 valence electrons. The van der Waals surface area contributed by atoms with E-state index < -0.39 is 0 Å². The first-order valence-electron chi connectivity index (χ1n) is 9.21. The Hall–Kier alpha value is -3.54. The van der Waals surface area contributed by atoms with Crippen molar-refractivity contribution in [2.45, 2.75) is 11.8 Å². The van der Waals surface area contributed by atoms with E-state index in [2.05, 4.69) is 0 Å². The fraction of sp³-hybridized carbons (Fsp3) is 0.217. The van der Waals surface area contributed by atoms with Crippen molar-refractivity contribution in [2.24, 2.45) is 0 Å². The third kappa shape index (κ3) is 3.38. The number of benzene rings is 3. The molecule has 0 spiro atoms. The largest absolute Gasteiger partial charge is 0.508 e. The average Bonchev–Trinajstić information content (AvgIpc) is 2.73. The topological polar surface area (TPSA) is 88.4 Å². The van der Waals surface area contributed by atoms with E-state index >= 15 is 0 Å². The van der Waals surface area contributed by atoms with Crippen molar-refractivity contribution >= 4 is 0 Å². The Labute approximate surface area is 168 Å². The Morgan fingerprint density at radius 2 is 1.41 bits per heavy atom. The van der Waals surface area contributed by atoms with Crippen molar-refractivity contribution < 1.29 is 29.5 Å². The molecule has 6 nitrogen and oxygen atoms in total. The van der Waals surface area contributed by atoms with E-state index in [-0.39, 0.29) is 29.1 Å². The molecule has 2 unspecified atom stereocenters. The van der Waals surface area contributed by atoms with E-state index in [1.165, 1.54) is 14.2 Å². The quantitative estimate of drug-likeness (QED) is 0.617. The highest BCUT2D eigenvalue weighted by Gasteiger charge is 2.34. The molecule has 0 bridgehead atoms. The van der Waals surface area contributed by atoms with Gasteiger partial charge in [-0.15, -0.1) is 0 Å². The van der Waals surface area contributed by atoms with Gasteiger partial charge in [0, 0.05) is 23.5 Å². The fourth-order valence-corrected chi connectivity index (χ4v) is 3.91. The molecule has 0 fully saturated rings. The lowest BCUT2D eigenvalue weighted by atomic mass is 9.75. The number of hydrogen-bond donors (Lipinski definition) is 3. The third-order valence-corrected chi connectivity index (χ3v) is 5.34. The minimum absolute atomic E-state index is 0.0537. The number of rotatable bonds is 4. The van der Waals surface area contributed by atoms with Gasteiger partial charge >= 0.3 is 0 Å². The van der Waals surface area contributed by atoms with Gasteiger partial charge in [-0.2, -0.15) is 0 Å². The highest BCUT2D eigenvalue weighted by atomic mass is 16.5. The molecule has 0 saturated carbocycles. The molecule has 3 N–H and O–H groups in total. The summed E-state index contributed by atoms with van der Waals surface area (Å²) in [5, 5.41) is 29.9. The molecule has 3 aromatic carbocycles. The molecule has 2 atom stereocenters. The molecule has 6 heteroatoms. The van der Waals surface area contributed by atoms with Crippen LogP contribution in [-0.4, -0.2) is 36.1 Å². The lowest BCUT2D eigenvalue weighted by Gasteiger charge is -2.35. The number of methoxy groups -OCH3 is 2. The Bertz CT molecular complexity index is 1000. The van der Waals surface area contributed by atoms with Crippen LogP contribution in [0.1, 0.15) is 28.5 Å². The van der Waals surface area contributed by atoms with Crippen molar-refractivity contribution in [3.63, 3.8) is 0 Å². The van der Waals surface area contributed by atoms with Crippen molar-refractivity contribution in [3.05, 3.63) is 71.3 Å². The number of fused-ring (bicyclic) bond motifs is 1. The molecule has 0 aliphatic carbocycles. The minimum atomic E-state index is -0.111. The van der Waals surface area contributed by atoms with Crippen LogP contribution in [0.5, 0.6) is 34.5 Å². The second kappa shape index (κ2) is 7.47. The van der Waals surface area contributed by atoms with Gasteiger partial charge in [0.05, 0.1) is 20.8 Å². The van der Waals surface area contributed by atoms with Gasteiger partial charge in [0.15, 0.2) is 11.5 Å². The number of hydrogen-bond acceptors (Lipinski definition) is 6. The lowest BCUT2D eigenvalue weighted by molar-refractivity contribution is 0.246. The van der Waals surface area contributed by atoms with Gasteiger partial charge in [0.25, 0.3) is 0 Å². The zero-order chi connectivity index (χ0) is 20.5. The summed E-state index contributed by atoms with van der Waals surface area (Å²) in [6.07, 6.45) is 0. The Balaban J connectivity index is 1.88. The molecule has 1 heterocycles. The van der Waals surface area contributed by atoms with Crippen LogP contribution in [0, 0.1) is 0 Å². The Kier molecular flexibility index (Phi) is 4.84. The highest BCUT2D eigenvalue weighted by molar-refractivity contribution is 5.56. The van der Waals surface area contributed by atoms with Gasteiger partial charge in [-0.25, -0.2) is 0 Å². The van der Waals surface area contributed by atoms with Crippen molar-refractivity contribution in [1.29, 1.82) is 0 Å². The normalized spacial score (nSPS) is 17.9. The molecular formula is C23H22O6. The zero-order valence-corrected chi connectivity index (χ0v) is 16.1. The molecule has 29 heavy (non-hydrogen) atoms. The van der Waals surface area contributed by atoms with E-state index in [0.29, 0.717) is 23.9 Å². The van der Waals surface area contributed by atoms with E-state index in [9.17, 15) is 15.3 Å². The summed E-state index contributed by atoms with van der Waals surface area (Å²) in [5.41, 5.74) is 2.80. The average molecular weight is 394 g/mol. The van der Waals surface area contributed by atoms with Gasteiger partial charge in [-0.1, -0.05) is 18.2 Å². The summed E-state index contributed by atoms with van der Waals surface area (Å²) >= 11 is 0. The molecule has 0 aromatic heterocycles. The fourth-order valence-electron chi connectivity index (χ4n) is 3.91. The van der Waals surface area contributed by atoms with Crippen LogP contribution in [0.2, 0.25) is 0 Å². The number of ether oxygens (including phenoxy) is 3. The van der Waals surface area contributed by atoms with Crippen LogP contribution in [0.25, 0.3) is 0 Å². The minimum Gasteiger partial charge on any atom is -0.508 e. The first kappa shape index (κ1) is 18.8. The van der Waals surface area contributed by atoms with Crippen LogP contribution in [-0.2, 0) is 0 Å². The molecule has 0 amide bonds. The summed E-state index contributed by atoms with van der Waals surface area (Å²) in [5.74, 6) is 1.33. The highest BCUT2D eigenvalue weighted by Crippen LogP contribution is 2.49. The van der Waals surface area contributed by atoms with Crippen LogP contribution in [0.15, 0.2) is 54.6 Å². The molecule has 1 aliphatic rings. The van der Waals surface area contributed by atoms with Crippen LogP contribution < -0.4 is 14.2 Å². The predicted octanol–water partition coefficient (Wildman–Crippen LogP) is 4.13. The van der Waals surface area contributed by atoms with Crippen molar-refractivity contribution in [1.82, 2.24) is 0 Å². The number of phenols is 3. The van der Waals surface area contributed by atoms with Gasteiger partial charge in [0.1, 0.15) is 17.2 Å². The van der Waals surface area contributed by atoms with Crippen molar-refractivity contribution in [2.75, 3.05) is 20.8 Å². The second-order valence-electron chi connectivity index (χ2n) is 6.98. The Morgan fingerprint density at radius 1 is 0.793 bits per heavy atom. The first-order chi connectivity index (χ1) is 14.0. The first-order valence-corrected chi connectivity index (χ1v) is 9.21. The number of aromatic hydroxyl groups is 3. The van der Waals surface area contributed by atoms with E-state index in [4.69, 9.17) is 14.2 Å². The molecule has 4 rings (SSSR count). The van der Waals surface area contributed by atoms with Crippen LogP contribution in [0.3, 0.4) is 0 Å². The standard InChI is InChI=1S/C23H22O6/c1-27-20-9-14(10-21(28-2)23(20)26)18-12-29-19-11-16(25)7-8-17(19)22(18)13-3-5-15(24)6-4-13/h3-11,18,22,24-26H,12H2,1-2H3. The SMILES string of the molecule is COc1cc(C2COc3cc(O)ccc3C2c2ccc(O)cc2)cc(OC)c1O. The van der Waals surface area contributed by atoms with E-state index in [1.54, 1.807) is 36.4 Å². The second-order valence-corrected chi connectivity index (χ2v) is 6.98. The summed E-state index contributed by atoms with van der Waals surface area (Å²) in [7, 11) is 2.98. The third-order valence-electron chi connectivity index (χ3n) is 5.34. The maximum Gasteiger partial charge on any atom is 0.200 e. The zero-order valence-electron chi connectivity index (χ0n) is 16.1. The number of phenolic OH excluding ortho intramolecular Hbond substituents is 3. The maximum atomic E-state index is 10.3. The summed E-state index contributed by atoms with van der Waals surface area (Å²) in [4.78, 5) is 0. The van der Waals surface area contributed by atoms with Gasteiger partial charge in [-0.3, -0.25) is 0 Å². The molecule has 1 aliphatic heterocycles. The summed E-state index contributed by atoms with van der Waals surface area (Å²) < 4.78 is 16.6. The molecule has 0 radical (unpaired) electrons. The summed E-state index contributed by atoms with van der Waals surface area (Å²) in [6.45, 7) is 0.360. The monoisotopic (exact) mass is 394 g/mol. The lowest BCUT2D eigenvalue weighted by Crippen LogP contribution is -2.25. The smallest absolute Gasteiger partial charge is 0.200 e. The van der Waals surface area contributed by atoms with E-state index in [1.807, 2.05) is 18.2 Å². The van der Waals surface area contributed by atoms with Gasteiger partial charge in [0.2, 0.25) is 5.75 Å². The van der Waals surface area contributed by atoms with Crippen LogP contribution in [0.4, 0.5) is 0 Å². The Morgan fingerprint density at radius 3 is 2.03 bits per heavy atom. The van der Waals surface area contributed by atoms with Crippen LogP contribution >= 0.6 is 0 Å². The van der Waals surface area contributed by atoms with Crippen molar-refractivity contribution in [3.8, 4) is 34.5 Å². The molecule has 3 aromatic rings. The molecular weight excluding hydrogens is 372 g/mol. The van der Waals surface area contributed by atoms with E-state index in [0.717, 1.165) is 16.7 Å². The molecule has 0 saturated heterocycles. The predicted molar refractivity (Wildman–Crippen MR) is 108 cm³/mol. The van der Waals surface area contributed by atoms with Gasteiger partial charge < -0.3 is 29.5 Å². The van der Waals surface area contributed by atoms with Gasteiger partial charge in [-0.05, 0) is 41.5 Å².